The Balaban J connectivity index is 2.87. The number of anilines is 1. The van der Waals surface area contributed by atoms with E-state index in [9.17, 15) is 4.79 Å². The number of hydrogen-bond acceptors (Lipinski definition) is 3. The van der Waals surface area contributed by atoms with E-state index in [4.69, 9.17) is 10.5 Å². The van der Waals surface area contributed by atoms with Gasteiger partial charge in [0.25, 0.3) is 5.91 Å². The van der Waals surface area contributed by atoms with Gasteiger partial charge in [-0.2, -0.15) is 0 Å². The van der Waals surface area contributed by atoms with Gasteiger partial charge in [0.1, 0.15) is 0 Å². The molecular weight excluding hydrogens is 216 g/mol. The molecule has 0 radical (unpaired) electrons. The fourth-order valence-corrected chi connectivity index (χ4v) is 1.65. The number of carbonyl (C=O) groups is 1. The van der Waals surface area contributed by atoms with Crippen LogP contribution in [0, 0.1) is 6.92 Å². The molecule has 0 unspecified atom stereocenters. The van der Waals surface area contributed by atoms with Crippen molar-refractivity contribution in [2.45, 2.75) is 26.3 Å². The predicted molar refractivity (Wildman–Crippen MR) is 69.0 cm³/mol. The van der Waals surface area contributed by atoms with Gasteiger partial charge >= 0.3 is 0 Å². The first-order valence-electron chi connectivity index (χ1n) is 5.54. The predicted octanol–water partition coefficient (Wildman–Crippen LogP) is 1.73. The van der Waals surface area contributed by atoms with Crippen LogP contribution in [0.15, 0.2) is 18.2 Å². The Kier molecular flexibility index (Phi) is 4.12. The van der Waals surface area contributed by atoms with Gasteiger partial charge in [-0.05, 0) is 32.4 Å². The van der Waals surface area contributed by atoms with Gasteiger partial charge in [-0.25, -0.2) is 0 Å². The molecule has 94 valence electrons. The molecule has 0 fully saturated rings. The number of para-hydroxylation sites is 1. The lowest BCUT2D eigenvalue weighted by Gasteiger charge is -2.25. The maximum Gasteiger partial charge on any atom is 0.253 e. The number of methoxy groups -OCH3 is 1. The molecule has 0 heterocycles. The first-order chi connectivity index (χ1) is 7.87. The molecule has 0 aliphatic heterocycles. The van der Waals surface area contributed by atoms with Crippen LogP contribution in [-0.4, -0.2) is 25.2 Å². The number of benzene rings is 1. The third-order valence-electron chi connectivity index (χ3n) is 2.53. The minimum absolute atomic E-state index is 0.173. The number of nitrogen functional groups attached to an aromatic ring is 1. The van der Waals surface area contributed by atoms with Crippen molar-refractivity contribution in [2.75, 3.05) is 19.5 Å². The average molecular weight is 236 g/mol. The summed E-state index contributed by atoms with van der Waals surface area (Å²) in [5.41, 5.74) is 7.41. The number of hydrogen-bond donors (Lipinski definition) is 2. The molecule has 17 heavy (non-hydrogen) atoms. The summed E-state index contributed by atoms with van der Waals surface area (Å²) >= 11 is 0. The van der Waals surface area contributed by atoms with Crippen molar-refractivity contribution in [1.29, 1.82) is 0 Å². The highest BCUT2D eigenvalue weighted by molar-refractivity contribution is 6.00. The summed E-state index contributed by atoms with van der Waals surface area (Å²) < 4.78 is 5.05. The quantitative estimate of drug-likeness (QED) is 0.782. The average Bonchev–Trinajstić information content (AvgIpc) is 2.21. The zero-order valence-corrected chi connectivity index (χ0v) is 10.8. The van der Waals surface area contributed by atoms with E-state index in [2.05, 4.69) is 5.32 Å². The van der Waals surface area contributed by atoms with Crippen LogP contribution in [0.25, 0.3) is 0 Å². The van der Waals surface area contributed by atoms with Gasteiger partial charge in [0, 0.05) is 12.8 Å². The van der Waals surface area contributed by atoms with Crippen LogP contribution in [-0.2, 0) is 4.74 Å². The fourth-order valence-electron chi connectivity index (χ4n) is 1.65. The first kappa shape index (κ1) is 13.5. The normalized spacial score (nSPS) is 11.3. The van der Waals surface area contributed by atoms with Crippen molar-refractivity contribution in [2.24, 2.45) is 0 Å². The minimum atomic E-state index is -0.415. The van der Waals surface area contributed by atoms with Crippen molar-refractivity contribution in [3.8, 4) is 0 Å². The Morgan fingerprint density at radius 3 is 2.71 bits per heavy atom. The van der Waals surface area contributed by atoms with E-state index in [1.807, 2.05) is 32.9 Å². The van der Waals surface area contributed by atoms with Crippen LogP contribution >= 0.6 is 0 Å². The second-order valence-corrected chi connectivity index (χ2v) is 4.81. The lowest BCUT2D eigenvalue weighted by Crippen LogP contribution is -2.46. The van der Waals surface area contributed by atoms with Gasteiger partial charge in [0.15, 0.2) is 0 Å². The van der Waals surface area contributed by atoms with Gasteiger partial charge in [0.05, 0.1) is 17.7 Å². The number of amides is 1. The number of nitrogens with two attached hydrogens (primary N) is 1. The molecular formula is C13H20N2O2. The van der Waals surface area contributed by atoms with E-state index in [1.54, 1.807) is 13.2 Å². The van der Waals surface area contributed by atoms with E-state index >= 15 is 0 Å². The molecule has 0 atom stereocenters. The monoisotopic (exact) mass is 236 g/mol. The molecule has 4 heteroatoms. The van der Waals surface area contributed by atoms with Gasteiger partial charge < -0.3 is 15.8 Å². The van der Waals surface area contributed by atoms with E-state index in [1.165, 1.54) is 0 Å². The summed E-state index contributed by atoms with van der Waals surface area (Å²) in [5.74, 6) is -0.173. The van der Waals surface area contributed by atoms with E-state index < -0.39 is 5.54 Å². The Hall–Kier alpha value is -1.55. The Morgan fingerprint density at radius 2 is 2.12 bits per heavy atom. The SMILES string of the molecule is COCC(C)(C)NC(=O)c1cccc(C)c1N. The number of carbonyl (C=O) groups excluding carboxylic acids is 1. The highest BCUT2D eigenvalue weighted by atomic mass is 16.5. The van der Waals surface area contributed by atoms with Crippen LogP contribution in [0.2, 0.25) is 0 Å². The van der Waals surface area contributed by atoms with Crippen molar-refractivity contribution in [3.63, 3.8) is 0 Å². The Bertz CT molecular complexity index is 414. The van der Waals surface area contributed by atoms with Crippen molar-refractivity contribution in [3.05, 3.63) is 29.3 Å². The summed E-state index contributed by atoms with van der Waals surface area (Å²) in [5, 5.41) is 2.90. The summed E-state index contributed by atoms with van der Waals surface area (Å²) in [6.45, 7) is 6.14. The highest BCUT2D eigenvalue weighted by Crippen LogP contribution is 2.17. The maximum absolute atomic E-state index is 12.1. The molecule has 0 aliphatic rings. The number of ether oxygens (including phenoxy) is 1. The molecule has 0 bridgehead atoms. The Morgan fingerprint density at radius 1 is 1.47 bits per heavy atom. The van der Waals surface area contributed by atoms with Crippen LogP contribution in [0.1, 0.15) is 29.8 Å². The standard InChI is InChI=1S/C13H20N2O2/c1-9-6-5-7-10(11(9)14)12(16)15-13(2,3)8-17-4/h5-7H,8,14H2,1-4H3,(H,15,16). The van der Waals surface area contributed by atoms with Gasteiger partial charge in [0.2, 0.25) is 0 Å². The molecule has 1 amide bonds. The molecule has 0 spiro atoms. The fraction of sp³-hybridized carbons (Fsp3) is 0.462. The van der Waals surface area contributed by atoms with E-state index in [0.717, 1.165) is 5.56 Å². The molecule has 1 aromatic rings. The first-order valence-corrected chi connectivity index (χ1v) is 5.54. The zero-order chi connectivity index (χ0) is 13.1. The summed E-state index contributed by atoms with van der Waals surface area (Å²) in [6.07, 6.45) is 0. The van der Waals surface area contributed by atoms with Crippen LogP contribution in [0.3, 0.4) is 0 Å². The Labute approximate surface area is 102 Å². The van der Waals surface area contributed by atoms with Crippen LogP contribution in [0.4, 0.5) is 5.69 Å². The van der Waals surface area contributed by atoms with Gasteiger partial charge in [-0.15, -0.1) is 0 Å². The van der Waals surface area contributed by atoms with Crippen LogP contribution < -0.4 is 11.1 Å². The molecule has 3 N–H and O–H groups in total. The molecule has 1 rings (SSSR count). The second-order valence-electron chi connectivity index (χ2n) is 4.81. The van der Waals surface area contributed by atoms with Crippen molar-refractivity contribution >= 4 is 11.6 Å². The minimum Gasteiger partial charge on any atom is -0.398 e. The second kappa shape index (κ2) is 5.19. The van der Waals surface area contributed by atoms with Gasteiger partial charge in [-0.1, -0.05) is 12.1 Å². The number of rotatable bonds is 4. The molecule has 0 saturated heterocycles. The number of nitrogens with one attached hydrogen (secondary N) is 1. The van der Waals surface area contributed by atoms with Crippen molar-refractivity contribution < 1.29 is 9.53 Å². The molecule has 0 aromatic heterocycles. The maximum atomic E-state index is 12.1. The molecule has 1 aromatic carbocycles. The number of aryl methyl sites for hydroxylation is 1. The van der Waals surface area contributed by atoms with E-state index in [-0.39, 0.29) is 5.91 Å². The summed E-state index contributed by atoms with van der Waals surface area (Å²) in [6, 6.07) is 5.43. The van der Waals surface area contributed by atoms with Crippen molar-refractivity contribution in [1.82, 2.24) is 5.32 Å². The largest absolute Gasteiger partial charge is 0.398 e. The van der Waals surface area contributed by atoms with E-state index in [0.29, 0.717) is 17.9 Å². The third kappa shape index (κ3) is 3.46. The molecule has 4 nitrogen and oxygen atoms in total. The highest BCUT2D eigenvalue weighted by Gasteiger charge is 2.22. The third-order valence-corrected chi connectivity index (χ3v) is 2.53. The summed E-state index contributed by atoms with van der Waals surface area (Å²) in [7, 11) is 1.61. The van der Waals surface area contributed by atoms with Gasteiger partial charge in [-0.3, -0.25) is 4.79 Å². The molecule has 0 aliphatic carbocycles. The smallest absolute Gasteiger partial charge is 0.253 e. The molecule has 0 saturated carbocycles. The topological polar surface area (TPSA) is 64.3 Å². The lowest BCUT2D eigenvalue weighted by molar-refractivity contribution is 0.0821. The summed E-state index contributed by atoms with van der Waals surface area (Å²) in [4.78, 5) is 12.1. The van der Waals surface area contributed by atoms with Crippen LogP contribution in [0.5, 0.6) is 0 Å². The lowest BCUT2D eigenvalue weighted by atomic mass is 10.0. The zero-order valence-electron chi connectivity index (χ0n) is 10.8.